The molecule has 9 heteroatoms. The van der Waals surface area contributed by atoms with Crippen LogP contribution in [0.4, 0.5) is 4.79 Å². The highest BCUT2D eigenvalue weighted by molar-refractivity contribution is 7.12. The number of nitrogens with one attached hydrogen (secondary N) is 2. The smallest absolute Gasteiger partial charge is 0.325 e. The first-order chi connectivity index (χ1) is 10.1. The molecule has 2 N–H and O–H groups in total. The van der Waals surface area contributed by atoms with Crippen molar-refractivity contribution < 1.29 is 23.9 Å². The van der Waals surface area contributed by atoms with Crippen molar-refractivity contribution in [1.82, 2.24) is 15.5 Å². The summed E-state index contributed by atoms with van der Waals surface area (Å²) in [6.07, 6.45) is 0. The molecule has 2 rings (SSSR count). The van der Waals surface area contributed by atoms with Gasteiger partial charge in [-0.05, 0) is 11.4 Å². The number of nitrogens with zero attached hydrogens (tertiary/aromatic N) is 1. The molecular formula is C12H13N3O5S. The van der Waals surface area contributed by atoms with E-state index >= 15 is 0 Å². The molecule has 112 valence electrons. The molecule has 1 aliphatic heterocycles. The van der Waals surface area contributed by atoms with E-state index in [0.29, 0.717) is 11.4 Å². The van der Waals surface area contributed by atoms with E-state index in [2.05, 4.69) is 10.6 Å². The van der Waals surface area contributed by atoms with E-state index in [4.69, 9.17) is 4.74 Å². The maximum Gasteiger partial charge on any atom is 0.325 e. The number of urea groups is 1. The van der Waals surface area contributed by atoms with Crippen LogP contribution in [0.2, 0.25) is 0 Å². The standard InChI is InChI=1S/C12H13N3O5S/c16-9(15-4-3-13-12(15)19)7-20-10(17)6-14-11(18)8-2-1-5-21-8/h1-2,5H,3-4,6-7H2,(H,13,19)(H,14,18). The summed E-state index contributed by atoms with van der Waals surface area (Å²) >= 11 is 1.25. The van der Waals surface area contributed by atoms with Gasteiger partial charge in [0.25, 0.3) is 11.8 Å². The minimum atomic E-state index is -0.743. The van der Waals surface area contributed by atoms with E-state index in [0.717, 1.165) is 4.90 Å². The molecule has 1 aromatic rings. The lowest BCUT2D eigenvalue weighted by molar-refractivity contribution is -0.149. The lowest BCUT2D eigenvalue weighted by Gasteiger charge is -2.12. The van der Waals surface area contributed by atoms with Crippen LogP contribution in [0.25, 0.3) is 0 Å². The molecule has 0 aliphatic carbocycles. The molecule has 1 aliphatic rings. The van der Waals surface area contributed by atoms with Crippen LogP contribution in [0.1, 0.15) is 9.67 Å². The zero-order valence-corrected chi connectivity index (χ0v) is 11.8. The number of rotatable bonds is 5. The Labute approximate surface area is 124 Å². The second-order valence-corrected chi connectivity index (χ2v) is 5.05. The van der Waals surface area contributed by atoms with E-state index in [-0.39, 0.29) is 19.0 Å². The summed E-state index contributed by atoms with van der Waals surface area (Å²) in [5, 5.41) is 6.59. The van der Waals surface area contributed by atoms with Gasteiger partial charge in [-0.2, -0.15) is 0 Å². The number of carbonyl (C=O) groups is 4. The summed E-state index contributed by atoms with van der Waals surface area (Å²) in [6.45, 7) is -0.225. The number of carbonyl (C=O) groups excluding carboxylic acids is 4. The normalized spacial score (nSPS) is 13.7. The van der Waals surface area contributed by atoms with Crippen LogP contribution in [-0.2, 0) is 14.3 Å². The van der Waals surface area contributed by atoms with Crippen molar-refractivity contribution in [1.29, 1.82) is 0 Å². The zero-order chi connectivity index (χ0) is 15.2. The van der Waals surface area contributed by atoms with Crippen LogP contribution >= 0.6 is 11.3 Å². The van der Waals surface area contributed by atoms with Gasteiger partial charge in [-0.1, -0.05) is 6.07 Å². The largest absolute Gasteiger partial charge is 0.454 e. The van der Waals surface area contributed by atoms with Crippen molar-refractivity contribution in [2.75, 3.05) is 26.2 Å². The van der Waals surface area contributed by atoms with Gasteiger partial charge in [0.05, 0.1) is 4.88 Å². The van der Waals surface area contributed by atoms with E-state index in [1.165, 1.54) is 11.3 Å². The highest BCUT2D eigenvalue weighted by Gasteiger charge is 2.26. The Kier molecular flexibility index (Phi) is 4.88. The molecule has 0 spiro atoms. The number of hydrogen-bond acceptors (Lipinski definition) is 6. The van der Waals surface area contributed by atoms with Gasteiger partial charge in [-0.15, -0.1) is 11.3 Å². The minimum absolute atomic E-state index is 0.254. The summed E-state index contributed by atoms with van der Waals surface area (Å²) in [5.41, 5.74) is 0. The van der Waals surface area contributed by atoms with Crippen LogP contribution in [0.5, 0.6) is 0 Å². The maximum absolute atomic E-state index is 11.6. The van der Waals surface area contributed by atoms with Gasteiger partial charge in [0.1, 0.15) is 6.54 Å². The van der Waals surface area contributed by atoms with E-state index in [9.17, 15) is 19.2 Å². The van der Waals surface area contributed by atoms with Crippen molar-refractivity contribution in [2.45, 2.75) is 0 Å². The molecule has 0 aromatic carbocycles. The van der Waals surface area contributed by atoms with Crippen LogP contribution < -0.4 is 10.6 Å². The molecule has 0 atom stereocenters. The molecule has 0 saturated carbocycles. The maximum atomic E-state index is 11.6. The number of hydrogen-bond donors (Lipinski definition) is 2. The Morgan fingerprint density at radius 3 is 2.86 bits per heavy atom. The zero-order valence-electron chi connectivity index (χ0n) is 11.0. The Hall–Kier alpha value is -2.42. The number of imide groups is 1. The molecule has 21 heavy (non-hydrogen) atoms. The van der Waals surface area contributed by atoms with Gasteiger partial charge in [0.2, 0.25) is 0 Å². The quantitative estimate of drug-likeness (QED) is 0.718. The van der Waals surface area contributed by atoms with Crippen molar-refractivity contribution in [3.63, 3.8) is 0 Å². The number of esters is 1. The minimum Gasteiger partial charge on any atom is -0.454 e. The second kappa shape index (κ2) is 6.84. The summed E-state index contributed by atoms with van der Waals surface area (Å²) in [7, 11) is 0. The van der Waals surface area contributed by atoms with Crippen LogP contribution in [-0.4, -0.2) is 55.0 Å². The first kappa shape index (κ1) is 15.0. The Morgan fingerprint density at radius 2 is 2.24 bits per heavy atom. The number of thiophene rings is 1. The molecule has 0 radical (unpaired) electrons. The van der Waals surface area contributed by atoms with Crippen molar-refractivity contribution in [2.24, 2.45) is 0 Å². The topological polar surface area (TPSA) is 105 Å². The third kappa shape index (κ3) is 4.02. The van der Waals surface area contributed by atoms with Crippen molar-refractivity contribution in [3.8, 4) is 0 Å². The summed E-state index contributed by atoms with van der Waals surface area (Å²) in [6, 6.07) is 2.85. The van der Waals surface area contributed by atoms with Crippen LogP contribution in [0.3, 0.4) is 0 Å². The third-order valence-electron chi connectivity index (χ3n) is 2.65. The van der Waals surface area contributed by atoms with Gasteiger partial charge < -0.3 is 15.4 Å². The number of amides is 4. The molecule has 0 unspecified atom stereocenters. The van der Waals surface area contributed by atoms with Gasteiger partial charge in [0.15, 0.2) is 6.61 Å². The fraction of sp³-hybridized carbons (Fsp3) is 0.333. The Morgan fingerprint density at radius 1 is 1.43 bits per heavy atom. The van der Waals surface area contributed by atoms with Gasteiger partial charge >= 0.3 is 12.0 Å². The Bertz CT molecular complexity index is 557. The second-order valence-electron chi connectivity index (χ2n) is 4.10. The van der Waals surface area contributed by atoms with Crippen LogP contribution in [0.15, 0.2) is 17.5 Å². The lowest BCUT2D eigenvalue weighted by Crippen LogP contribution is -2.38. The first-order valence-electron chi connectivity index (χ1n) is 6.13. The molecular weight excluding hydrogens is 298 g/mol. The fourth-order valence-electron chi connectivity index (χ4n) is 1.63. The van der Waals surface area contributed by atoms with Crippen molar-refractivity contribution >= 4 is 35.2 Å². The average Bonchev–Trinajstić information content (AvgIpc) is 3.13. The number of ether oxygens (including phenoxy) is 1. The molecule has 1 aromatic heterocycles. The van der Waals surface area contributed by atoms with Gasteiger partial charge in [-0.3, -0.25) is 19.3 Å². The summed E-state index contributed by atoms with van der Waals surface area (Å²) < 4.78 is 4.71. The predicted octanol–water partition coefficient (Wildman–Crippen LogP) is -0.427. The lowest BCUT2D eigenvalue weighted by atomic mass is 10.4. The van der Waals surface area contributed by atoms with E-state index in [1.807, 2.05) is 0 Å². The summed E-state index contributed by atoms with van der Waals surface area (Å²) in [5.74, 6) is -1.72. The molecule has 8 nitrogen and oxygen atoms in total. The van der Waals surface area contributed by atoms with E-state index in [1.54, 1.807) is 17.5 Å². The van der Waals surface area contributed by atoms with E-state index < -0.39 is 24.5 Å². The average molecular weight is 311 g/mol. The third-order valence-corrected chi connectivity index (χ3v) is 3.52. The van der Waals surface area contributed by atoms with Crippen molar-refractivity contribution in [3.05, 3.63) is 22.4 Å². The van der Waals surface area contributed by atoms with Gasteiger partial charge in [-0.25, -0.2) is 4.79 Å². The molecule has 1 saturated heterocycles. The molecule has 0 bridgehead atoms. The van der Waals surface area contributed by atoms with Crippen LogP contribution in [0, 0.1) is 0 Å². The van der Waals surface area contributed by atoms with Gasteiger partial charge in [0, 0.05) is 13.1 Å². The SMILES string of the molecule is O=C(CNC(=O)c1cccs1)OCC(=O)N1CCNC1=O. The predicted molar refractivity (Wildman–Crippen MR) is 72.7 cm³/mol. The Balaban J connectivity index is 1.69. The highest BCUT2D eigenvalue weighted by atomic mass is 32.1. The monoisotopic (exact) mass is 311 g/mol. The highest BCUT2D eigenvalue weighted by Crippen LogP contribution is 2.07. The molecule has 2 heterocycles. The fourth-order valence-corrected chi connectivity index (χ4v) is 2.27. The molecule has 4 amide bonds. The summed E-state index contributed by atoms with van der Waals surface area (Å²) in [4.78, 5) is 47.2. The first-order valence-corrected chi connectivity index (χ1v) is 7.01. The molecule has 1 fully saturated rings.